The van der Waals surface area contributed by atoms with Crippen LogP contribution in [0.1, 0.15) is 46.6 Å². The molecule has 250 valence electrons. The number of carbonyl (C=O) groups is 1. The molecule has 6 rings (SSSR count). The second-order valence-electron chi connectivity index (χ2n) is 12.5. The molecule has 0 aromatic heterocycles. The van der Waals surface area contributed by atoms with Gasteiger partial charge in [-0.25, -0.2) is 4.79 Å². The standard InChI is InChI=1S/C40H45N3O5/c1-2-22-46-40(45)41-26-32-10-6-11-34(23-32)35-12-7-13-36(24-35)39-47-37(25-38(48-39)33-16-14-31(29-44)15-17-33)28-43-20-18-42(19-21-43)27-30-8-4-3-5-9-30/h2-17,23-24,37-39,44H,1,18-22,25-29H2,(H,41,45)/t37-,38+,39+/m1/s1. The van der Waals surface area contributed by atoms with Gasteiger partial charge in [-0.3, -0.25) is 9.80 Å². The topological polar surface area (TPSA) is 83.5 Å². The van der Waals surface area contributed by atoms with Gasteiger partial charge >= 0.3 is 6.09 Å². The number of piperazine rings is 1. The van der Waals surface area contributed by atoms with E-state index in [2.05, 4.69) is 94.5 Å². The molecule has 2 heterocycles. The van der Waals surface area contributed by atoms with Gasteiger partial charge in [-0.2, -0.15) is 0 Å². The third kappa shape index (κ3) is 9.18. The Balaban J connectivity index is 1.15. The van der Waals surface area contributed by atoms with Gasteiger partial charge in [-0.1, -0.05) is 104 Å². The van der Waals surface area contributed by atoms with Gasteiger partial charge in [0.25, 0.3) is 0 Å². The molecule has 8 nitrogen and oxygen atoms in total. The number of hydrogen-bond donors (Lipinski definition) is 2. The van der Waals surface area contributed by atoms with Crippen molar-refractivity contribution in [3.05, 3.63) is 144 Å². The molecule has 0 saturated carbocycles. The summed E-state index contributed by atoms with van der Waals surface area (Å²) in [6, 6.07) is 35.1. The van der Waals surface area contributed by atoms with Crippen LogP contribution in [0.3, 0.4) is 0 Å². The maximum Gasteiger partial charge on any atom is 0.407 e. The smallest absolute Gasteiger partial charge is 0.407 e. The molecule has 0 unspecified atom stereocenters. The first-order valence-electron chi connectivity index (χ1n) is 16.8. The molecule has 2 N–H and O–H groups in total. The molecule has 4 aromatic carbocycles. The zero-order chi connectivity index (χ0) is 33.1. The summed E-state index contributed by atoms with van der Waals surface area (Å²) in [5.74, 6) is 0. The fourth-order valence-corrected chi connectivity index (χ4v) is 6.38. The predicted molar refractivity (Wildman–Crippen MR) is 187 cm³/mol. The number of rotatable bonds is 12. The molecule has 0 radical (unpaired) electrons. The van der Waals surface area contributed by atoms with Crippen molar-refractivity contribution in [2.75, 3.05) is 39.3 Å². The Morgan fingerprint density at radius 2 is 1.52 bits per heavy atom. The zero-order valence-corrected chi connectivity index (χ0v) is 27.4. The molecule has 2 aliphatic rings. The first-order valence-corrected chi connectivity index (χ1v) is 16.8. The first-order chi connectivity index (χ1) is 23.6. The highest BCUT2D eigenvalue weighted by Gasteiger charge is 2.34. The molecule has 1 amide bonds. The summed E-state index contributed by atoms with van der Waals surface area (Å²) in [6.45, 7) is 10.00. The van der Waals surface area contributed by atoms with Crippen molar-refractivity contribution in [2.24, 2.45) is 0 Å². The predicted octanol–water partition coefficient (Wildman–Crippen LogP) is 6.62. The summed E-state index contributed by atoms with van der Waals surface area (Å²) in [5.41, 5.74) is 7.31. The molecular formula is C40H45N3O5. The lowest BCUT2D eigenvalue weighted by Gasteiger charge is -2.41. The molecule has 4 aromatic rings. The lowest BCUT2D eigenvalue weighted by atomic mass is 9.98. The van der Waals surface area contributed by atoms with E-state index in [0.29, 0.717) is 6.54 Å². The van der Waals surface area contributed by atoms with Crippen LogP contribution in [-0.2, 0) is 33.9 Å². The van der Waals surface area contributed by atoms with E-state index < -0.39 is 12.4 Å². The summed E-state index contributed by atoms with van der Waals surface area (Å²) in [7, 11) is 0. The maximum absolute atomic E-state index is 11.9. The van der Waals surface area contributed by atoms with E-state index in [4.69, 9.17) is 14.2 Å². The second-order valence-corrected chi connectivity index (χ2v) is 12.5. The Labute approximate surface area is 283 Å². The van der Waals surface area contributed by atoms with Crippen molar-refractivity contribution in [1.29, 1.82) is 0 Å². The number of amides is 1. The summed E-state index contributed by atoms with van der Waals surface area (Å²) < 4.78 is 18.4. The van der Waals surface area contributed by atoms with E-state index in [1.165, 1.54) is 5.56 Å². The third-order valence-corrected chi connectivity index (χ3v) is 8.98. The van der Waals surface area contributed by atoms with Gasteiger partial charge in [0, 0.05) is 57.8 Å². The summed E-state index contributed by atoms with van der Waals surface area (Å²) in [4.78, 5) is 17.0. The number of ether oxygens (including phenoxy) is 3. The number of hydrogen-bond acceptors (Lipinski definition) is 7. The van der Waals surface area contributed by atoms with E-state index in [1.807, 2.05) is 30.3 Å². The van der Waals surface area contributed by atoms with Gasteiger partial charge in [-0.15, -0.1) is 0 Å². The van der Waals surface area contributed by atoms with Crippen LogP contribution >= 0.6 is 0 Å². The quantitative estimate of drug-likeness (QED) is 0.167. The number of aliphatic hydroxyl groups excluding tert-OH is 1. The van der Waals surface area contributed by atoms with Gasteiger partial charge in [0.05, 0.1) is 18.8 Å². The van der Waals surface area contributed by atoms with Crippen LogP contribution < -0.4 is 5.32 Å². The highest BCUT2D eigenvalue weighted by molar-refractivity contribution is 5.68. The molecule has 2 fully saturated rings. The van der Waals surface area contributed by atoms with Gasteiger partial charge in [0.1, 0.15) is 6.61 Å². The Hall–Kier alpha value is -4.31. The van der Waals surface area contributed by atoms with Crippen LogP contribution in [0.4, 0.5) is 4.79 Å². The van der Waals surface area contributed by atoms with Crippen LogP contribution in [0.5, 0.6) is 0 Å². The van der Waals surface area contributed by atoms with Crippen LogP contribution in [0, 0.1) is 0 Å². The summed E-state index contributed by atoms with van der Waals surface area (Å²) in [5, 5.41) is 12.4. The lowest BCUT2D eigenvalue weighted by molar-refractivity contribution is -0.253. The van der Waals surface area contributed by atoms with Crippen molar-refractivity contribution >= 4 is 6.09 Å². The molecule has 0 bridgehead atoms. The van der Waals surface area contributed by atoms with Crippen LogP contribution in [0.2, 0.25) is 0 Å². The average molecular weight is 648 g/mol. The number of nitrogens with one attached hydrogen (secondary N) is 1. The van der Waals surface area contributed by atoms with E-state index in [1.54, 1.807) is 6.08 Å². The first kappa shape index (κ1) is 33.6. The lowest BCUT2D eigenvalue weighted by Crippen LogP contribution is -2.49. The fraction of sp³-hybridized carbons (Fsp3) is 0.325. The minimum atomic E-state index is -0.532. The molecule has 0 aliphatic carbocycles. The molecular weight excluding hydrogens is 602 g/mol. The molecule has 2 aliphatic heterocycles. The molecule has 0 spiro atoms. The molecule has 48 heavy (non-hydrogen) atoms. The summed E-state index contributed by atoms with van der Waals surface area (Å²) in [6.07, 6.45) is 1.14. The monoisotopic (exact) mass is 647 g/mol. The normalized spacial score (nSPS) is 20.2. The van der Waals surface area contributed by atoms with E-state index in [0.717, 1.165) is 79.1 Å². The van der Waals surface area contributed by atoms with Crippen molar-refractivity contribution < 1.29 is 24.1 Å². The van der Waals surface area contributed by atoms with Crippen molar-refractivity contribution in [3.8, 4) is 11.1 Å². The molecule has 2 saturated heterocycles. The largest absolute Gasteiger partial charge is 0.445 e. The maximum atomic E-state index is 11.9. The van der Waals surface area contributed by atoms with Crippen LogP contribution in [0.15, 0.2) is 116 Å². The Bertz CT molecular complexity index is 1620. The van der Waals surface area contributed by atoms with E-state index >= 15 is 0 Å². The number of alkyl carbamates (subject to hydrolysis) is 1. The van der Waals surface area contributed by atoms with Gasteiger partial charge < -0.3 is 24.6 Å². The number of benzene rings is 4. The Kier molecular flexibility index (Phi) is 11.7. The third-order valence-electron chi connectivity index (χ3n) is 8.98. The van der Waals surface area contributed by atoms with Crippen molar-refractivity contribution in [3.63, 3.8) is 0 Å². The number of carbonyl (C=O) groups excluding carboxylic acids is 1. The van der Waals surface area contributed by atoms with Crippen molar-refractivity contribution in [2.45, 2.75) is 44.6 Å². The fourth-order valence-electron chi connectivity index (χ4n) is 6.38. The average Bonchev–Trinajstić information content (AvgIpc) is 3.14. The minimum Gasteiger partial charge on any atom is -0.445 e. The van der Waals surface area contributed by atoms with Gasteiger partial charge in [0.15, 0.2) is 6.29 Å². The van der Waals surface area contributed by atoms with E-state index in [9.17, 15) is 9.90 Å². The van der Waals surface area contributed by atoms with Gasteiger partial charge in [0.2, 0.25) is 0 Å². The number of aliphatic hydroxyl groups is 1. The summed E-state index contributed by atoms with van der Waals surface area (Å²) >= 11 is 0. The van der Waals surface area contributed by atoms with Gasteiger partial charge in [-0.05, 0) is 45.5 Å². The SMILES string of the molecule is C=CCOC(=O)NCc1cccc(-c2cccc([C@H]3O[C@@H](CN4CCN(Cc5ccccc5)CC4)C[C@@H](c4ccc(CO)cc4)O3)c2)c1. The van der Waals surface area contributed by atoms with Crippen molar-refractivity contribution in [1.82, 2.24) is 15.1 Å². The Morgan fingerprint density at radius 3 is 2.27 bits per heavy atom. The zero-order valence-electron chi connectivity index (χ0n) is 27.4. The minimum absolute atomic E-state index is 0.00848. The second kappa shape index (κ2) is 16.7. The molecule has 8 heteroatoms. The highest BCUT2D eigenvalue weighted by Crippen LogP contribution is 2.39. The highest BCUT2D eigenvalue weighted by atomic mass is 16.7. The Morgan fingerprint density at radius 1 is 0.812 bits per heavy atom. The number of nitrogens with zero attached hydrogens (tertiary/aromatic N) is 2. The van der Waals surface area contributed by atoms with E-state index in [-0.39, 0.29) is 25.4 Å². The molecule has 3 atom stereocenters. The van der Waals surface area contributed by atoms with Crippen LogP contribution in [-0.4, -0.2) is 66.4 Å². The van der Waals surface area contributed by atoms with Crippen LogP contribution in [0.25, 0.3) is 11.1 Å².